The number of ketones is 1. The molecule has 2 N–H and O–H groups in total. The number of nitrogens with one attached hydrogen (secondary N) is 2. The van der Waals surface area contributed by atoms with Gasteiger partial charge in [0.15, 0.2) is 5.78 Å². The summed E-state index contributed by atoms with van der Waals surface area (Å²) in [6.45, 7) is 8.26. The van der Waals surface area contributed by atoms with Gasteiger partial charge in [0.1, 0.15) is 29.8 Å². The van der Waals surface area contributed by atoms with Crippen molar-refractivity contribution in [3.8, 4) is 5.75 Å². The fraction of sp³-hybridized carbons (Fsp3) is 0.314. The van der Waals surface area contributed by atoms with Crippen LogP contribution in [0.5, 0.6) is 5.75 Å². The third-order valence-corrected chi connectivity index (χ3v) is 8.27. The highest BCUT2D eigenvalue weighted by Gasteiger charge is 2.46. The molecule has 232 valence electrons. The maximum Gasteiger partial charge on any atom is 0.326 e. The molecule has 3 amide bonds. The van der Waals surface area contributed by atoms with Crippen molar-refractivity contribution >= 4 is 46.1 Å². The number of amidine groups is 1. The molecule has 2 atom stereocenters. The lowest BCUT2D eigenvalue weighted by molar-refractivity contribution is -0.123. The molecule has 1 aromatic heterocycles. The molecule has 3 heterocycles. The first-order valence-corrected chi connectivity index (χ1v) is 15.5. The van der Waals surface area contributed by atoms with Gasteiger partial charge in [-0.15, -0.1) is 0 Å². The van der Waals surface area contributed by atoms with Crippen molar-refractivity contribution in [2.75, 3.05) is 19.6 Å². The Morgan fingerprint density at radius 2 is 1.82 bits per heavy atom. The number of hydrogen-bond donors (Lipinski definition) is 2. The van der Waals surface area contributed by atoms with Crippen LogP contribution in [0.2, 0.25) is 5.02 Å². The van der Waals surface area contributed by atoms with Crippen molar-refractivity contribution in [1.29, 1.82) is 0 Å². The number of aromatic amines is 1. The maximum absolute atomic E-state index is 14.7. The highest BCUT2D eigenvalue weighted by Crippen LogP contribution is 2.47. The minimum Gasteiger partial charge on any atom is -0.487 e. The van der Waals surface area contributed by atoms with E-state index in [1.54, 1.807) is 21.9 Å². The van der Waals surface area contributed by atoms with Crippen LogP contribution in [-0.2, 0) is 4.79 Å². The number of carbonyl (C=O) groups is 3. The summed E-state index contributed by atoms with van der Waals surface area (Å²) in [5, 5.41) is 4.36. The summed E-state index contributed by atoms with van der Waals surface area (Å²) >= 11 is 6.29. The quantitative estimate of drug-likeness (QED) is 0.233. The van der Waals surface area contributed by atoms with E-state index in [0.29, 0.717) is 47.2 Å². The van der Waals surface area contributed by atoms with Crippen molar-refractivity contribution in [2.45, 2.75) is 51.8 Å². The molecule has 10 heteroatoms. The number of piperazine rings is 1. The minimum atomic E-state index is -0.604. The lowest BCUT2D eigenvalue weighted by Gasteiger charge is -2.36. The highest BCUT2D eigenvalue weighted by molar-refractivity contribution is 6.30. The number of ether oxygens (including phenoxy) is 1. The van der Waals surface area contributed by atoms with Crippen LogP contribution in [0.25, 0.3) is 10.9 Å². The Hall–Kier alpha value is -4.63. The Labute approximate surface area is 267 Å². The molecule has 0 aliphatic carbocycles. The van der Waals surface area contributed by atoms with Crippen LogP contribution < -0.4 is 10.1 Å². The van der Waals surface area contributed by atoms with Gasteiger partial charge in [0, 0.05) is 52.8 Å². The summed E-state index contributed by atoms with van der Waals surface area (Å²) in [6, 6.07) is 19.3. The standard InChI is InChI=1S/C35H36ClN5O4/c1-5-28(42)22-12-15-25(29(18-22)45-35(2,3)4)33-39-31(21-10-13-23(36)14-11-21)32(26-19-38-27-9-7-6-8-24(26)27)41(33)34(44)40-17-16-37-30(43)20-40/h6-15,18-19,31-32,38H,5,16-17,20H2,1-4H3,(H,37,43). The Kier molecular flexibility index (Phi) is 8.14. The predicted octanol–water partition coefficient (Wildman–Crippen LogP) is 6.69. The van der Waals surface area contributed by atoms with Gasteiger partial charge in [-0.3, -0.25) is 19.5 Å². The first-order chi connectivity index (χ1) is 21.5. The van der Waals surface area contributed by atoms with Crippen molar-refractivity contribution in [2.24, 2.45) is 4.99 Å². The number of amides is 3. The molecule has 2 aliphatic rings. The molecule has 45 heavy (non-hydrogen) atoms. The fourth-order valence-electron chi connectivity index (χ4n) is 5.96. The number of fused-ring (bicyclic) bond motifs is 1. The van der Waals surface area contributed by atoms with Gasteiger partial charge < -0.3 is 19.9 Å². The van der Waals surface area contributed by atoms with E-state index in [2.05, 4.69) is 10.3 Å². The SMILES string of the molecule is CCC(=O)c1ccc(C2=NC(c3ccc(Cl)cc3)C(c3c[nH]c4ccccc34)N2C(=O)N2CCNC(=O)C2)c(OC(C)(C)C)c1. The largest absolute Gasteiger partial charge is 0.487 e. The molecule has 9 nitrogen and oxygen atoms in total. The van der Waals surface area contributed by atoms with Gasteiger partial charge in [-0.2, -0.15) is 0 Å². The first-order valence-electron chi connectivity index (χ1n) is 15.1. The van der Waals surface area contributed by atoms with Crippen molar-refractivity contribution in [3.05, 3.63) is 100 Å². The second-order valence-electron chi connectivity index (χ2n) is 12.3. The minimum absolute atomic E-state index is 0.0170. The lowest BCUT2D eigenvalue weighted by Crippen LogP contribution is -2.55. The van der Waals surface area contributed by atoms with Gasteiger partial charge in [-0.05, 0) is 56.7 Å². The maximum atomic E-state index is 14.7. The fourth-order valence-corrected chi connectivity index (χ4v) is 6.09. The zero-order valence-electron chi connectivity index (χ0n) is 25.8. The molecule has 1 fully saturated rings. The molecular weight excluding hydrogens is 590 g/mol. The number of carbonyl (C=O) groups excluding carboxylic acids is 3. The van der Waals surface area contributed by atoms with Gasteiger partial charge in [-0.25, -0.2) is 4.79 Å². The van der Waals surface area contributed by atoms with E-state index in [1.165, 1.54) is 0 Å². The molecule has 0 radical (unpaired) electrons. The Balaban J connectivity index is 1.59. The van der Waals surface area contributed by atoms with E-state index in [4.69, 9.17) is 21.3 Å². The molecule has 3 aromatic carbocycles. The number of urea groups is 1. The van der Waals surface area contributed by atoms with Gasteiger partial charge in [0.25, 0.3) is 0 Å². The monoisotopic (exact) mass is 625 g/mol. The molecule has 2 unspecified atom stereocenters. The average molecular weight is 626 g/mol. The van der Waals surface area contributed by atoms with Gasteiger partial charge in [-0.1, -0.05) is 54.9 Å². The van der Waals surface area contributed by atoms with Crippen LogP contribution in [0, 0.1) is 0 Å². The van der Waals surface area contributed by atoms with Gasteiger partial charge in [0.05, 0.1) is 11.6 Å². The number of H-pyrrole nitrogens is 1. The van der Waals surface area contributed by atoms with E-state index >= 15 is 0 Å². The third kappa shape index (κ3) is 6.04. The van der Waals surface area contributed by atoms with Crippen LogP contribution >= 0.6 is 11.6 Å². The summed E-state index contributed by atoms with van der Waals surface area (Å²) < 4.78 is 6.45. The smallest absolute Gasteiger partial charge is 0.326 e. The van der Waals surface area contributed by atoms with Gasteiger partial charge >= 0.3 is 6.03 Å². The van der Waals surface area contributed by atoms with Crippen LogP contribution in [0.1, 0.15) is 73.2 Å². The third-order valence-electron chi connectivity index (χ3n) is 8.01. The van der Waals surface area contributed by atoms with Crippen LogP contribution in [-0.4, -0.2) is 63.6 Å². The van der Waals surface area contributed by atoms with E-state index in [9.17, 15) is 14.4 Å². The number of aromatic nitrogens is 1. The number of hydrogen-bond acceptors (Lipinski definition) is 5. The van der Waals surface area contributed by atoms with Gasteiger partial charge in [0.2, 0.25) is 5.91 Å². The van der Waals surface area contributed by atoms with Crippen molar-refractivity contribution in [1.82, 2.24) is 20.1 Å². The highest BCUT2D eigenvalue weighted by atomic mass is 35.5. The molecule has 1 saturated heterocycles. The van der Waals surface area contributed by atoms with E-state index in [-0.39, 0.29) is 24.3 Å². The number of rotatable bonds is 6. The zero-order chi connectivity index (χ0) is 31.9. The van der Waals surface area contributed by atoms with Crippen molar-refractivity contribution < 1.29 is 19.1 Å². The molecular formula is C35H36ClN5O4. The number of Topliss-reactive ketones (excluding diaryl/α,β-unsaturated/α-hetero) is 1. The van der Waals surface area contributed by atoms with E-state index in [0.717, 1.165) is 22.0 Å². The molecule has 0 spiro atoms. The Bertz CT molecular complexity index is 1810. The molecule has 0 bridgehead atoms. The van der Waals surface area contributed by atoms with Crippen LogP contribution in [0.4, 0.5) is 4.79 Å². The summed E-state index contributed by atoms with van der Waals surface area (Å²) in [5.41, 5.74) is 3.18. The van der Waals surface area contributed by atoms with E-state index in [1.807, 2.05) is 88.5 Å². The number of benzene rings is 3. The summed E-state index contributed by atoms with van der Waals surface area (Å²) in [6.07, 6.45) is 2.27. The topological polar surface area (TPSA) is 107 Å². The summed E-state index contributed by atoms with van der Waals surface area (Å²) in [5.74, 6) is 0.612. The van der Waals surface area contributed by atoms with E-state index < -0.39 is 17.7 Å². The summed E-state index contributed by atoms with van der Waals surface area (Å²) in [7, 11) is 0. The Morgan fingerprint density at radius 3 is 2.53 bits per heavy atom. The predicted molar refractivity (Wildman–Crippen MR) is 175 cm³/mol. The molecule has 4 aromatic rings. The second-order valence-corrected chi connectivity index (χ2v) is 12.7. The van der Waals surface area contributed by atoms with Crippen molar-refractivity contribution in [3.63, 3.8) is 0 Å². The zero-order valence-corrected chi connectivity index (χ0v) is 26.5. The van der Waals surface area contributed by atoms with Crippen LogP contribution in [0.3, 0.4) is 0 Å². The lowest BCUT2D eigenvalue weighted by atomic mass is 9.93. The molecule has 6 rings (SSSR count). The first kappa shape index (κ1) is 30.4. The normalized spacial score (nSPS) is 18.6. The average Bonchev–Trinajstić information content (AvgIpc) is 3.61. The molecule has 2 aliphatic heterocycles. The number of nitrogens with zero attached hydrogens (tertiary/aromatic N) is 3. The number of halogens is 1. The molecule has 0 saturated carbocycles. The Morgan fingerprint density at radius 1 is 1.07 bits per heavy atom. The summed E-state index contributed by atoms with van der Waals surface area (Å²) in [4.78, 5) is 51.8. The van der Waals surface area contributed by atoms with Crippen LogP contribution in [0.15, 0.2) is 77.9 Å². The second kappa shape index (κ2) is 12.0. The number of para-hydroxylation sites is 1. The number of aliphatic imine (C=N–C) groups is 1.